The number of carbonyl (C=O) groups is 2. The predicted octanol–water partition coefficient (Wildman–Crippen LogP) is 9.29. The molecule has 0 amide bonds. The summed E-state index contributed by atoms with van der Waals surface area (Å²) in [6.07, 6.45) is -0.357. The molecule has 0 radical (unpaired) electrons. The summed E-state index contributed by atoms with van der Waals surface area (Å²) in [6, 6.07) is 42.7. The number of aliphatic hydroxyl groups is 4. The van der Waals surface area contributed by atoms with E-state index in [0.29, 0.717) is 81.1 Å². The van der Waals surface area contributed by atoms with Gasteiger partial charge in [-0.1, -0.05) is 54.6 Å². The van der Waals surface area contributed by atoms with Gasteiger partial charge < -0.3 is 61.7 Å². The van der Waals surface area contributed by atoms with Crippen LogP contribution in [-0.2, 0) is 57.0 Å². The summed E-state index contributed by atoms with van der Waals surface area (Å²) in [5.41, 5.74) is 11.4. The highest BCUT2D eigenvalue weighted by molar-refractivity contribution is 7.90. The van der Waals surface area contributed by atoms with Gasteiger partial charge in [-0.3, -0.25) is 29.4 Å². The van der Waals surface area contributed by atoms with Crippen molar-refractivity contribution in [2.75, 3.05) is 49.0 Å². The molecule has 0 aliphatic carbocycles. The van der Waals surface area contributed by atoms with Crippen molar-refractivity contribution in [3.8, 4) is 40.2 Å². The second-order valence-corrected chi connectivity index (χ2v) is 23.9. The standard InChI is InChI=1S/C69H76N5O14S/c1-43-16-21-59(85-69-68(80)67(79)66(78)65(40-77)86-69)64(22-43)88-89-87-56-19-17-44(18-20-56)36-74(4,5)37-45-23-46(41-83-62-30-57(52(38-75)28-60(62)81-6)70-32-54-26-48-12-8-10-14-50(48)34-72(54)2)25-47(24-45)42-84-63-31-58(53(39-76)29-61(63)82-7)71-33-55-27-49-13-9-11-15-51(49)35-73(55)3/h8-25,28-33,38-39,54-55,65-69,77-80H,26-27,34-37,40-42H2,1-7H3/q+1/t54-,55?,65?,66?,67?,68+,69?/m0/s1. The third-order valence-corrected chi connectivity index (χ3v) is 16.7. The molecule has 0 spiro atoms. The van der Waals surface area contributed by atoms with Gasteiger partial charge in [0, 0.05) is 72.0 Å². The van der Waals surface area contributed by atoms with Gasteiger partial charge in [0.2, 0.25) is 6.29 Å². The second-order valence-electron chi connectivity index (χ2n) is 23.5. The minimum atomic E-state index is -1.61. The van der Waals surface area contributed by atoms with Gasteiger partial charge in [-0.05, 0) is 140 Å². The van der Waals surface area contributed by atoms with Crippen LogP contribution in [0.3, 0.4) is 0 Å². The second kappa shape index (κ2) is 29.0. The molecule has 5 unspecified atom stereocenters. The number of aldehydes is 2. The maximum absolute atomic E-state index is 12.5. The molecule has 466 valence electrons. The molecule has 3 aliphatic rings. The number of quaternary nitrogens is 1. The van der Waals surface area contributed by atoms with E-state index in [-0.39, 0.29) is 36.8 Å². The number of methoxy groups -OCH3 is 2. The molecule has 3 heterocycles. The third-order valence-electron chi connectivity index (χ3n) is 16.2. The lowest BCUT2D eigenvalue weighted by molar-refractivity contribution is -0.916. The Hall–Kier alpha value is -8.15. The summed E-state index contributed by atoms with van der Waals surface area (Å²) in [7, 11) is 11.5. The molecule has 0 aromatic heterocycles. The number of benzene rings is 7. The van der Waals surface area contributed by atoms with Gasteiger partial charge in [0.15, 0.2) is 47.1 Å². The average molecular weight is 1230 g/mol. The molecule has 4 N–H and O–H groups in total. The molecule has 7 aromatic rings. The van der Waals surface area contributed by atoms with Gasteiger partial charge >= 0.3 is 0 Å². The van der Waals surface area contributed by atoms with Crippen molar-refractivity contribution in [2.45, 2.75) is 102 Å². The average Bonchev–Trinajstić information content (AvgIpc) is 3.70. The number of fused-ring (bicyclic) bond motifs is 2. The lowest BCUT2D eigenvalue weighted by Crippen LogP contribution is -2.60. The van der Waals surface area contributed by atoms with E-state index < -0.39 is 37.3 Å². The molecule has 7 atom stereocenters. The lowest BCUT2D eigenvalue weighted by atomic mass is 9.95. The Balaban J connectivity index is 0.860. The van der Waals surface area contributed by atoms with E-state index in [4.69, 9.17) is 46.8 Å². The van der Waals surface area contributed by atoms with Crippen LogP contribution >= 0.6 is 12.3 Å². The normalized spacial score (nSPS) is 20.4. The monoisotopic (exact) mass is 1230 g/mol. The fraction of sp³-hybridized carbons (Fsp3) is 0.333. The van der Waals surface area contributed by atoms with E-state index in [1.807, 2.05) is 49.7 Å². The minimum Gasteiger partial charge on any atom is -0.493 e. The molecule has 7 aromatic carbocycles. The summed E-state index contributed by atoms with van der Waals surface area (Å²) >= 11 is 0.705. The SMILES string of the molecule is COc1cc(C=O)c(N=CC2Cc3ccccc3CN2C)cc1OCc1cc(COc2cc(N=C[C@@H]3Cc4ccccc4CN3C)c(C=O)cc2OC)cc(C[N+](C)(C)Cc2ccc(OSOc3cc(C)ccc3OC3OC(CO)C(O)C(O)[C@H]3O)cc2)c1. The first-order valence-electron chi connectivity index (χ1n) is 29.3. The molecule has 3 aliphatic heterocycles. The summed E-state index contributed by atoms with van der Waals surface area (Å²) in [5, 5.41) is 40.8. The van der Waals surface area contributed by atoms with Crippen LogP contribution in [0.2, 0.25) is 0 Å². The van der Waals surface area contributed by atoms with E-state index in [9.17, 15) is 30.0 Å². The molecule has 0 bridgehead atoms. The topological polar surface area (TPSA) is 220 Å². The highest BCUT2D eigenvalue weighted by Crippen LogP contribution is 2.39. The van der Waals surface area contributed by atoms with Crippen molar-refractivity contribution >= 4 is 48.7 Å². The molecule has 19 nitrogen and oxygen atoms in total. The molecule has 1 saturated heterocycles. The van der Waals surface area contributed by atoms with Crippen molar-refractivity contribution in [1.29, 1.82) is 0 Å². The van der Waals surface area contributed by atoms with E-state index in [0.717, 1.165) is 66.3 Å². The summed E-state index contributed by atoms with van der Waals surface area (Å²) in [6.45, 7) is 4.34. The van der Waals surface area contributed by atoms with Gasteiger partial charge in [0.25, 0.3) is 12.3 Å². The van der Waals surface area contributed by atoms with E-state index in [2.05, 4.69) is 98.7 Å². The molecule has 0 saturated carbocycles. The number of aliphatic imine (C=N–C) groups is 2. The summed E-state index contributed by atoms with van der Waals surface area (Å²) in [4.78, 5) is 39.2. The molecule has 89 heavy (non-hydrogen) atoms. The van der Waals surface area contributed by atoms with Crippen LogP contribution in [0.15, 0.2) is 143 Å². The molecular formula is C69H76N5O14S+. The van der Waals surface area contributed by atoms with Crippen LogP contribution < -0.4 is 32.1 Å². The van der Waals surface area contributed by atoms with Gasteiger partial charge in [0.1, 0.15) is 56.5 Å². The molecule has 10 rings (SSSR count). The smallest absolute Gasteiger partial charge is 0.293 e. The number of hydrogen-bond acceptors (Lipinski definition) is 19. The Morgan fingerprint density at radius 3 is 1.62 bits per heavy atom. The van der Waals surface area contributed by atoms with Gasteiger partial charge in [-0.2, -0.15) is 0 Å². The Morgan fingerprint density at radius 2 is 1.10 bits per heavy atom. The number of nitrogens with zero attached hydrogens (tertiary/aromatic N) is 5. The van der Waals surface area contributed by atoms with Gasteiger partial charge in [-0.15, -0.1) is 0 Å². The van der Waals surface area contributed by atoms with Crippen molar-refractivity contribution in [2.24, 2.45) is 9.98 Å². The van der Waals surface area contributed by atoms with Crippen molar-refractivity contribution in [3.05, 3.63) is 195 Å². The quantitative estimate of drug-likeness (QED) is 0.0181. The zero-order valence-corrected chi connectivity index (χ0v) is 51.7. The number of carbonyl (C=O) groups excluding carboxylic acids is 2. The van der Waals surface area contributed by atoms with Crippen LogP contribution in [0.5, 0.6) is 40.2 Å². The van der Waals surface area contributed by atoms with E-state index in [1.165, 1.54) is 36.5 Å². The van der Waals surface area contributed by atoms with E-state index in [1.54, 1.807) is 42.5 Å². The molecule has 20 heteroatoms. The van der Waals surface area contributed by atoms with Crippen LogP contribution in [0.1, 0.15) is 70.8 Å². The summed E-state index contributed by atoms with van der Waals surface area (Å²) < 4.78 is 48.6. The maximum atomic E-state index is 12.5. The Labute approximate surface area is 523 Å². The first kappa shape index (κ1) is 63.9. The Bertz CT molecular complexity index is 3520. The molecular weight excluding hydrogens is 1150 g/mol. The predicted molar refractivity (Wildman–Crippen MR) is 339 cm³/mol. The van der Waals surface area contributed by atoms with Crippen LogP contribution in [0.4, 0.5) is 11.4 Å². The Morgan fingerprint density at radius 1 is 0.584 bits per heavy atom. The summed E-state index contributed by atoms with van der Waals surface area (Å²) in [5.74, 6) is 2.56. The van der Waals surface area contributed by atoms with Crippen LogP contribution in [-0.4, -0.2) is 152 Å². The minimum absolute atomic E-state index is 0.0197. The third kappa shape index (κ3) is 15.8. The fourth-order valence-corrected chi connectivity index (χ4v) is 11.8. The van der Waals surface area contributed by atoms with Gasteiger partial charge in [-0.25, -0.2) is 0 Å². The largest absolute Gasteiger partial charge is 0.493 e. The first-order chi connectivity index (χ1) is 43.0. The van der Waals surface area contributed by atoms with Gasteiger partial charge in [0.05, 0.1) is 46.3 Å². The lowest BCUT2D eigenvalue weighted by Gasteiger charge is -2.39. The maximum Gasteiger partial charge on any atom is 0.293 e. The molecule has 1 fully saturated rings. The van der Waals surface area contributed by atoms with Crippen molar-refractivity contribution in [1.82, 2.24) is 9.80 Å². The number of ether oxygens (including phenoxy) is 6. The first-order valence-corrected chi connectivity index (χ1v) is 30.0. The number of aliphatic hydroxyl groups excluding tert-OH is 4. The van der Waals surface area contributed by atoms with E-state index >= 15 is 0 Å². The van der Waals surface area contributed by atoms with Crippen LogP contribution in [0, 0.1) is 6.92 Å². The number of likely N-dealkylation sites (N-methyl/N-ethyl adjacent to an activating group) is 2. The highest BCUT2D eigenvalue weighted by Gasteiger charge is 2.45. The Kier molecular flexibility index (Phi) is 20.8. The van der Waals surface area contributed by atoms with Crippen molar-refractivity contribution < 1.29 is 71.3 Å². The zero-order valence-electron chi connectivity index (χ0n) is 50.9. The van der Waals surface area contributed by atoms with Crippen LogP contribution in [0.25, 0.3) is 0 Å². The zero-order chi connectivity index (χ0) is 62.8. The fourth-order valence-electron chi connectivity index (χ4n) is 11.4. The number of aryl methyl sites for hydroxylation is 1. The number of hydrogen-bond donors (Lipinski definition) is 4. The van der Waals surface area contributed by atoms with Crippen molar-refractivity contribution in [3.63, 3.8) is 0 Å². The highest BCUT2D eigenvalue weighted by atomic mass is 32.2. The number of rotatable bonds is 25.